The lowest BCUT2D eigenvalue weighted by Gasteiger charge is -2.32. The molecule has 4 nitrogen and oxygen atoms in total. The van der Waals surface area contributed by atoms with Crippen molar-refractivity contribution >= 4 is 5.91 Å². The van der Waals surface area contributed by atoms with Crippen LogP contribution >= 0.6 is 0 Å². The van der Waals surface area contributed by atoms with Gasteiger partial charge in [-0.2, -0.15) is 0 Å². The molecule has 4 heteroatoms. The number of carbonyl (C=O) groups excluding carboxylic acids is 1. The van der Waals surface area contributed by atoms with E-state index in [1.807, 2.05) is 36.9 Å². The first-order valence-electron chi connectivity index (χ1n) is 7.59. The summed E-state index contributed by atoms with van der Waals surface area (Å²) in [5.74, 6) is 0.275. The third-order valence-electron chi connectivity index (χ3n) is 3.82. The van der Waals surface area contributed by atoms with Gasteiger partial charge in [0.15, 0.2) is 0 Å². The van der Waals surface area contributed by atoms with Gasteiger partial charge in [-0.05, 0) is 44.5 Å². The van der Waals surface area contributed by atoms with Crippen LogP contribution in [0.3, 0.4) is 0 Å². The summed E-state index contributed by atoms with van der Waals surface area (Å²) >= 11 is 0. The van der Waals surface area contributed by atoms with Crippen molar-refractivity contribution in [1.82, 2.24) is 15.2 Å². The second kappa shape index (κ2) is 7.39. The van der Waals surface area contributed by atoms with Crippen LogP contribution in [0.4, 0.5) is 0 Å². The van der Waals surface area contributed by atoms with Crippen molar-refractivity contribution in [2.24, 2.45) is 5.92 Å². The van der Waals surface area contributed by atoms with Crippen LogP contribution in [0.2, 0.25) is 0 Å². The van der Waals surface area contributed by atoms with Crippen molar-refractivity contribution in [2.75, 3.05) is 13.1 Å². The molecule has 0 radical (unpaired) electrons. The van der Waals surface area contributed by atoms with Gasteiger partial charge in [-0.15, -0.1) is 0 Å². The number of nitrogens with one attached hydrogen (secondary N) is 1. The first-order valence-corrected chi connectivity index (χ1v) is 7.59. The molecule has 20 heavy (non-hydrogen) atoms. The number of amides is 1. The molecule has 0 bridgehead atoms. The molecule has 0 aliphatic carbocycles. The molecule has 0 saturated carbocycles. The maximum Gasteiger partial charge on any atom is 0.225 e. The third-order valence-corrected chi connectivity index (χ3v) is 3.82. The molecule has 1 aliphatic heterocycles. The van der Waals surface area contributed by atoms with E-state index in [0.29, 0.717) is 12.6 Å². The molecule has 1 amide bonds. The fourth-order valence-corrected chi connectivity index (χ4v) is 2.70. The van der Waals surface area contributed by atoms with Gasteiger partial charge in [0.1, 0.15) is 0 Å². The van der Waals surface area contributed by atoms with Crippen LogP contribution in [0.5, 0.6) is 0 Å². The minimum atomic E-state index is 0.0370. The predicted octanol–water partition coefficient (Wildman–Crippen LogP) is 2.21. The van der Waals surface area contributed by atoms with E-state index in [9.17, 15) is 4.79 Å². The summed E-state index contributed by atoms with van der Waals surface area (Å²) in [5, 5.41) is 3.41. The van der Waals surface area contributed by atoms with Gasteiger partial charge in [0, 0.05) is 18.2 Å². The van der Waals surface area contributed by atoms with Crippen molar-refractivity contribution in [3.8, 4) is 0 Å². The van der Waals surface area contributed by atoms with Gasteiger partial charge in [0.05, 0.1) is 12.2 Å². The SMILES string of the molecule is CC(C)C(=O)N(Cc1ccccn1)C1CCCNCC1. The van der Waals surface area contributed by atoms with E-state index in [1.165, 1.54) is 0 Å². The van der Waals surface area contributed by atoms with Crippen LogP contribution in [0.25, 0.3) is 0 Å². The predicted molar refractivity (Wildman–Crippen MR) is 80.1 cm³/mol. The normalized spacial score (nSPS) is 19.6. The van der Waals surface area contributed by atoms with Crippen molar-refractivity contribution in [1.29, 1.82) is 0 Å². The first-order chi connectivity index (χ1) is 9.68. The number of carbonyl (C=O) groups is 1. The highest BCUT2D eigenvalue weighted by Crippen LogP contribution is 2.18. The Bertz CT molecular complexity index is 411. The summed E-state index contributed by atoms with van der Waals surface area (Å²) in [6.45, 7) is 6.63. The number of pyridine rings is 1. The number of nitrogens with zero attached hydrogens (tertiary/aromatic N) is 2. The van der Waals surface area contributed by atoms with Gasteiger partial charge in [-0.3, -0.25) is 9.78 Å². The Hall–Kier alpha value is -1.42. The lowest BCUT2D eigenvalue weighted by atomic mass is 10.0. The lowest BCUT2D eigenvalue weighted by molar-refractivity contribution is -0.137. The molecular formula is C16H25N3O. The minimum Gasteiger partial charge on any atom is -0.334 e. The van der Waals surface area contributed by atoms with Gasteiger partial charge in [-0.1, -0.05) is 19.9 Å². The topological polar surface area (TPSA) is 45.2 Å². The second-order valence-electron chi connectivity index (χ2n) is 5.78. The number of hydrogen-bond donors (Lipinski definition) is 1. The lowest BCUT2D eigenvalue weighted by Crippen LogP contribution is -2.42. The van der Waals surface area contributed by atoms with Gasteiger partial charge in [0.2, 0.25) is 5.91 Å². The molecule has 1 atom stereocenters. The quantitative estimate of drug-likeness (QED) is 0.916. The molecule has 1 fully saturated rings. The average molecular weight is 275 g/mol. The molecule has 0 spiro atoms. The van der Waals surface area contributed by atoms with Crippen LogP contribution < -0.4 is 5.32 Å². The van der Waals surface area contributed by atoms with E-state index in [4.69, 9.17) is 0 Å². The molecule has 1 aromatic heterocycles. The Morgan fingerprint density at radius 2 is 2.25 bits per heavy atom. The van der Waals surface area contributed by atoms with Gasteiger partial charge >= 0.3 is 0 Å². The summed E-state index contributed by atoms with van der Waals surface area (Å²) in [7, 11) is 0. The van der Waals surface area contributed by atoms with Gasteiger partial charge in [-0.25, -0.2) is 0 Å². The molecular weight excluding hydrogens is 250 g/mol. The van der Waals surface area contributed by atoms with Gasteiger partial charge in [0.25, 0.3) is 0 Å². The smallest absolute Gasteiger partial charge is 0.225 e. The fraction of sp³-hybridized carbons (Fsp3) is 0.625. The number of hydrogen-bond acceptors (Lipinski definition) is 3. The molecule has 1 unspecified atom stereocenters. The highest BCUT2D eigenvalue weighted by atomic mass is 16.2. The standard InChI is InChI=1S/C16H25N3O/c1-13(2)16(20)19(12-14-6-3-4-10-18-14)15-7-5-9-17-11-8-15/h3-4,6,10,13,15,17H,5,7-9,11-12H2,1-2H3. The van der Waals surface area contributed by atoms with Crippen LogP contribution in [-0.4, -0.2) is 34.9 Å². The molecule has 1 aliphatic rings. The van der Waals surface area contributed by atoms with Crippen molar-refractivity contribution < 1.29 is 4.79 Å². The fourth-order valence-electron chi connectivity index (χ4n) is 2.70. The van der Waals surface area contributed by atoms with Crippen molar-refractivity contribution in [3.05, 3.63) is 30.1 Å². The summed E-state index contributed by atoms with van der Waals surface area (Å²) < 4.78 is 0. The molecule has 1 aromatic rings. The highest BCUT2D eigenvalue weighted by Gasteiger charge is 2.26. The maximum absolute atomic E-state index is 12.5. The number of rotatable bonds is 4. The molecule has 2 heterocycles. The van der Waals surface area contributed by atoms with E-state index in [-0.39, 0.29) is 11.8 Å². The molecule has 1 N–H and O–H groups in total. The Morgan fingerprint density at radius 1 is 1.40 bits per heavy atom. The largest absolute Gasteiger partial charge is 0.334 e. The average Bonchev–Trinajstić information content (AvgIpc) is 2.74. The van der Waals surface area contributed by atoms with Crippen molar-refractivity contribution in [2.45, 2.75) is 45.7 Å². The van der Waals surface area contributed by atoms with Crippen molar-refractivity contribution in [3.63, 3.8) is 0 Å². The minimum absolute atomic E-state index is 0.0370. The zero-order valence-electron chi connectivity index (χ0n) is 12.5. The van der Waals surface area contributed by atoms with Gasteiger partial charge < -0.3 is 10.2 Å². The summed E-state index contributed by atoms with van der Waals surface area (Å²) in [5.41, 5.74) is 0.971. The summed E-state index contributed by atoms with van der Waals surface area (Å²) in [6.07, 6.45) is 5.04. The van der Waals surface area contributed by atoms with E-state index in [2.05, 4.69) is 10.3 Å². The van der Waals surface area contributed by atoms with E-state index < -0.39 is 0 Å². The van der Waals surface area contributed by atoms with E-state index in [1.54, 1.807) is 6.20 Å². The summed E-state index contributed by atoms with van der Waals surface area (Å²) in [6, 6.07) is 6.22. The Kier molecular flexibility index (Phi) is 5.53. The van der Waals surface area contributed by atoms with Crippen LogP contribution in [-0.2, 0) is 11.3 Å². The monoisotopic (exact) mass is 275 g/mol. The third kappa shape index (κ3) is 4.04. The zero-order chi connectivity index (χ0) is 14.4. The molecule has 2 rings (SSSR count). The zero-order valence-corrected chi connectivity index (χ0v) is 12.5. The maximum atomic E-state index is 12.5. The molecule has 1 saturated heterocycles. The van der Waals surface area contributed by atoms with E-state index >= 15 is 0 Å². The highest BCUT2D eigenvalue weighted by molar-refractivity contribution is 5.78. The van der Waals surface area contributed by atoms with E-state index in [0.717, 1.165) is 38.0 Å². The Balaban J connectivity index is 2.13. The Labute approximate surface area is 121 Å². The molecule has 110 valence electrons. The Morgan fingerprint density at radius 3 is 2.95 bits per heavy atom. The van der Waals surface area contributed by atoms with Crippen LogP contribution in [0, 0.1) is 5.92 Å². The van der Waals surface area contributed by atoms with Crippen LogP contribution in [0.15, 0.2) is 24.4 Å². The second-order valence-corrected chi connectivity index (χ2v) is 5.78. The molecule has 0 aromatic carbocycles. The van der Waals surface area contributed by atoms with Crippen LogP contribution in [0.1, 0.15) is 38.8 Å². The summed E-state index contributed by atoms with van der Waals surface area (Å²) in [4.78, 5) is 18.9. The number of aromatic nitrogens is 1. The first kappa shape index (κ1) is 15.0.